The average Bonchev–Trinajstić information content (AvgIpc) is 2.16. The lowest BCUT2D eigenvalue weighted by Gasteiger charge is -2.11. The summed E-state index contributed by atoms with van der Waals surface area (Å²) in [5.41, 5.74) is 0.180. The van der Waals surface area contributed by atoms with Gasteiger partial charge in [0, 0.05) is 11.6 Å². The first-order valence-electron chi connectivity index (χ1n) is 4.14. The molecule has 84 valence electrons. The molecule has 0 amide bonds. The minimum Gasteiger partial charge on any atom is -0.435 e. The minimum absolute atomic E-state index is 0.180. The van der Waals surface area contributed by atoms with Gasteiger partial charge in [-0.1, -0.05) is 0 Å². The molecule has 1 aromatic carbocycles. The molecule has 3 nitrogen and oxygen atoms in total. The number of rotatable bonds is 4. The molecule has 0 radical (unpaired) electrons. The molecule has 0 aromatic heterocycles. The summed E-state index contributed by atoms with van der Waals surface area (Å²) in [5.74, 6) is 3.93. The van der Waals surface area contributed by atoms with E-state index >= 15 is 0 Å². The monoisotopic (exact) mass is 221 g/mol. The predicted molar refractivity (Wildman–Crippen MR) is 46.7 cm³/mol. The minimum atomic E-state index is -2.97. The van der Waals surface area contributed by atoms with Crippen LogP contribution in [0.1, 0.15) is 18.6 Å². The van der Waals surface area contributed by atoms with E-state index < -0.39 is 18.5 Å². The number of halogens is 3. The van der Waals surface area contributed by atoms with Crippen molar-refractivity contribution in [2.24, 2.45) is 5.90 Å². The van der Waals surface area contributed by atoms with Gasteiger partial charge in [-0.05, 0) is 19.1 Å². The standard InChI is InChI=1S/C9H10F3NO2/c1-5(15-13)7-3-2-6(4-8(7)10)14-9(11)12/h2-5,9H,13H2,1H3. The second kappa shape index (κ2) is 4.99. The average molecular weight is 221 g/mol. The molecule has 1 unspecified atom stereocenters. The van der Waals surface area contributed by atoms with Crippen molar-refractivity contribution in [3.05, 3.63) is 29.6 Å². The van der Waals surface area contributed by atoms with Gasteiger partial charge < -0.3 is 4.74 Å². The summed E-state index contributed by atoms with van der Waals surface area (Å²) in [7, 11) is 0. The van der Waals surface area contributed by atoms with Crippen molar-refractivity contribution in [3.8, 4) is 5.75 Å². The zero-order valence-electron chi connectivity index (χ0n) is 7.91. The number of benzene rings is 1. The van der Waals surface area contributed by atoms with Crippen LogP contribution in [0, 0.1) is 5.82 Å². The van der Waals surface area contributed by atoms with Gasteiger partial charge in [-0.3, -0.25) is 4.84 Å². The van der Waals surface area contributed by atoms with Gasteiger partial charge in [-0.25, -0.2) is 10.3 Å². The van der Waals surface area contributed by atoms with Crippen molar-refractivity contribution in [2.45, 2.75) is 19.6 Å². The Kier molecular flexibility index (Phi) is 3.93. The highest BCUT2D eigenvalue weighted by Crippen LogP contribution is 2.23. The van der Waals surface area contributed by atoms with Crippen molar-refractivity contribution in [2.75, 3.05) is 0 Å². The summed E-state index contributed by atoms with van der Waals surface area (Å²) in [6, 6.07) is 3.36. The Labute approximate surface area is 84.5 Å². The molecule has 0 aliphatic heterocycles. The highest BCUT2D eigenvalue weighted by Gasteiger charge is 2.13. The van der Waals surface area contributed by atoms with E-state index in [1.165, 1.54) is 19.1 Å². The van der Waals surface area contributed by atoms with E-state index in [0.29, 0.717) is 0 Å². The quantitative estimate of drug-likeness (QED) is 0.794. The van der Waals surface area contributed by atoms with Crippen LogP contribution < -0.4 is 10.6 Å². The molecule has 0 aliphatic rings. The van der Waals surface area contributed by atoms with Crippen LogP contribution in [0.4, 0.5) is 13.2 Å². The maximum Gasteiger partial charge on any atom is 0.387 e. The predicted octanol–water partition coefficient (Wildman–Crippen LogP) is 2.38. The van der Waals surface area contributed by atoms with E-state index in [9.17, 15) is 13.2 Å². The lowest BCUT2D eigenvalue weighted by Crippen LogP contribution is -2.08. The summed E-state index contributed by atoms with van der Waals surface area (Å²) in [5, 5.41) is 0. The maximum absolute atomic E-state index is 13.3. The summed E-state index contributed by atoms with van der Waals surface area (Å²) in [6.07, 6.45) is -0.648. The zero-order chi connectivity index (χ0) is 11.4. The van der Waals surface area contributed by atoms with Gasteiger partial charge in [-0.2, -0.15) is 8.78 Å². The molecule has 0 heterocycles. The summed E-state index contributed by atoms with van der Waals surface area (Å²) in [6.45, 7) is -1.44. The van der Waals surface area contributed by atoms with E-state index in [4.69, 9.17) is 5.90 Å². The van der Waals surface area contributed by atoms with Crippen LogP contribution in [0.2, 0.25) is 0 Å². The van der Waals surface area contributed by atoms with Crippen LogP contribution in [-0.4, -0.2) is 6.61 Å². The second-order valence-corrected chi connectivity index (χ2v) is 2.84. The van der Waals surface area contributed by atoms with E-state index in [0.717, 1.165) is 6.07 Å². The van der Waals surface area contributed by atoms with Crippen LogP contribution in [0.5, 0.6) is 5.75 Å². The molecular formula is C9H10F3NO2. The molecule has 6 heteroatoms. The van der Waals surface area contributed by atoms with Crippen LogP contribution in [0.15, 0.2) is 18.2 Å². The largest absolute Gasteiger partial charge is 0.435 e. The number of hydrogen-bond donors (Lipinski definition) is 1. The van der Waals surface area contributed by atoms with Crippen LogP contribution in [0.3, 0.4) is 0 Å². The third-order valence-electron chi connectivity index (χ3n) is 1.84. The summed E-state index contributed by atoms with van der Waals surface area (Å²) >= 11 is 0. The van der Waals surface area contributed by atoms with E-state index in [1.54, 1.807) is 0 Å². The molecule has 2 N–H and O–H groups in total. The Hall–Kier alpha value is -1.27. The van der Waals surface area contributed by atoms with Gasteiger partial charge in [0.25, 0.3) is 0 Å². The molecule has 15 heavy (non-hydrogen) atoms. The highest BCUT2D eigenvalue weighted by molar-refractivity contribution is 5.30. The number of nitrogens with two attached hydrogens (primary N) is 1. The van der Waals surface area contributed by atoms with Crippen LogP contribution >= 0.6 is 0 Å². The van der Waals surface area contributed by atoms with Gasteiger partial charge in [0.2, 0.25) is 0 Å². The van der Waals surface area contributed by atoms with Crippen molar-refractivity contribution < 1.29 is 22.7 Å². The molecule has 0 saturated carbocycles. The SMILES string of the molecule is CC(ON)c1ccc(OC(F)F)cc1F. The fraction of sp³-hybridized carbons (Fsp3) is 0.333. The molecule has 0 bridgehead atoms. The molecule has 0 saturated heterocycles. The number of hydrogen-bond acceptors (Lipinski definition) is 3. The number of alkyl halides is 2. The van der Waals surface area contributed by atoms with Crippen LogP contribution in [0.25, 0.3) is 0 Å². The summed E-state index contributed by atoms with van der Waals surface area (Å²) in [4.78, 5) is 4.41. The smallest absolute Gasteiger partial charge is 0.387 e. The normalized spacial score (nSPS) is 12.9. The Morgan fingerprint density at radius 3 is 2.47 bits per heavy atom. The van der Waals surface area contributed by atoms with Crippen molar-refractivity contribution >= 4 is 0 Å². The van der Waals surface area contributed by atoms with E-state index in [2.05, 4.69) is 9.57 Å². The molecule has 1 rings (SSSR count). The third kappa shape index (κ3) is 3.10. The first-order valence-corrected chi connectivity index (χ1v) is 4.14. The molecule has 1 aromatic rings. The Balaban J connectivity index is 2.88. The Morgan fingerprint density at radius 1 is 1.33 bits per heavy atom. The summed E-state index contributed by atoms with van der Waals surface area (Å²) < 4.78 is 40.9. The second-order valence-electron chi connectivity index (χ2n) is 2.84. The van der Waals surface area contributed by atoms with Crippen molar-refractivity contribution in [1.82, 2.24) is 0 Å². The van der Waals surface area contributed by atoms with Gasteiger partial charge >= 0.3 is 6.61 Å². The molecule has 0 aliphatic carbocycles. The van der Waals surface area contributed by atoms with E-state index in [-0.39, 0.29) is 11.3 Å². The fourth-order valence-electron chi connectivity index (χ4n) is 1.09. The topological polar surface area (TPSA) is 44.5 Å². The number of ether oxygens (including phenoxy) is 1. The van der Waals surface area contributed by atoms with E-state index in [1.807, 2.05) is 0 Å². The first kappa shape index (κ1) is 11.8. The zero-order valence-corrected chi connectivity index (χ0v) is 7.91. The van der Waals surface area contributed by atoms with Crippen molar-refractivity contribution in [3.63, 3.8) is 0 Å². The van der Waals surface area contributed by atoms with Gasteiger partial charge in [-0.15, -0.1) is 0 Å². The van der Waals surface area contributed by atoms with Crippen molar-refractivity contribution in [1.29, 1.82) is 0 Å². The Morgan fingerprint density at radius 2 is 2.00 bits per heavy atom. The maximum atomic E-state index is 13.3. The van der Waals surface area contributed by atoms with Crippen LogP contribution in [-0.2, 0) is 4.84 Å². The van der Waals surface area contributed by atoms with Gasteiger partial charge in [0.1, 0.15) is 17.7 Å². The lowest BCUT2D eigenvalue weighted by molar-refractivity contribution is -0.0500. The first-order chi connectivity index (χ1) is 7.04. The molecule has 0 spiro atoms. The Bertz CT molecular complexity index is 333. The molecule has 1 atom stereocenters. The lowest BCUT2D eigenvalue weighted by atomic mass is 10.1. The van der Waals surface area contributed by atoms with Gasteiger partial charge in [0.05, 0.1) is 0 Å². The molecule has 0 fully saturated rings. The fourth-order valence-corrected chi connectivity index (χ4v) is 1.09. The molecular weight excluding hydrogens is 211 g/mol. The highest BCUT2D eigenvalue weighted by atomic mass is 19.3. The third-order valence-corrected chi connectivity index (χ3v) is 1.84. The van der Waals surface area contributed by atoms with Gasteiger partial charge in [0.15, 0.2) is 0 Å².